The van der Waals surface area contributed by atoms with Gasteiger partial charge in [0.25, 0.3) is 0 Å². The average molecular weight is 397 g/mol. The maximum atomic E-state index is 12.3. The molecule has 0 bridgehead atoms. The number of hydrogen-bond donors (Lipinski definition) is 1. The van der Waals surface area contributed by atoms with Crippen molar-refractivity contribution < 1.29 is 19.1 Å². The van der Waals surface area contributed by atoms with E-state index in [9.17, 15) is 9.59 Å². The highest BCUT2D eigenvalue weighted by atomic mass is 16.5. The Kier molecular flexibility index (Phi) is 7.47. The highest BCUT2D eigenvalue weighted by Gasteiger charge is 2.25. The summed E-state index contributed by atoms with van der Waals surface area (Å²) < 4.78 is 10.6. The smallest absolute Gasteiger partial charge is 0.311 e. The molecule has 0 aromatic heterocycles. The molecule has 7 nitrogen and oxygen atoms in total. The summed E-state index contributed by atoms with van der Waals surface area (Å²) >= 11 is 0. The summed E-state index contributed by atoms with van der Waals surface area (Å²) in [6, 6.07) is 17.4. The van der Waals surface area contributed by atoms with Crippen molar-refractivity contribution in [3.63, 3.8) is 0 Å². The maximum absolute atomic E-state index is 12.3. The van der Waals surface area contributed by atoms with Gasteiger partial charge >= 0.3 is 11.8 Å². The molecule has 2 aromatic carbocycles. The number of ether oxygens (including phenoxy) is 2. The number of hydrogen-bond acceptors (Lipinski definition) is 5. The molecule has 0 aliphatic carbocycles. The minimum Gasteiger partial charge on any atom is -0.497 e. The lowest BCUT2D eigenvalue weighted by Crippen LogP contribution is -2.52. The third kappa shape index (κ3) is 6.22. The van der Waals surface area contributed by atoms with Crippen LogP contribution in [0.5, 0.6) is 11.5 Å². The van der Waals surface area contributed by atoms with Gasteiger partial charge in [-0.15, -0.1) is 0 Å². The van der Waals surface area contributed by atoms with Gasteiger partial charge in [0.2, 0.25) is 0 Å². The normalized spacial score (nSPS) is 14.3. The van der Waals surface area contributed by atoms with E-state index in [1.54, 1.807) is 36.3 Å². The second-order valence-electron chi connectivity index (χ2n) is 6.83. The molecule has 2 aromatic rings. The van der Waals surface area contributed by atoms with E-state index in [2.05, 4.69) is 22.3 Å². The first-order valence-electron chi connectivity index (χ1n) is 9.76. The molecular weight excluding hydrogens is 370 g/mol. The van der Waals surface area contributed by atoms with Crippen molar-refractivity contribution in [3.8, 4) is 11.5 Å². The van der Waals surface area contributed by atoms with E-state index in [1.807, 2.05) is 18.2 Å². The van der Waals surface area contributed by atoms with Gasteiger partial charge in [-0.2, -0.15) is 0 Å². The summed E-state index contributed by atoms with van der Waals surface area (Å²) in [6.07, 6.45) is 0. The minimum absolute atomic E-state index is 0.268. The molecule has 0 radical (unpaired) electrons. The van der Waals surface area contributed by atoms with Crippen molar-refractivity contribution in [3.05, 3.63) is 60.2 Å². The molecule has 3 rings (SSSR count). The predicted octanol–water partition coefficient (Wildman–Crippen LogP) is 1.53. The first-order chi connectivity index (χ1) is 14.2. The number of carbonyl (C=O) groups excluding carboxylic acids is 2. The van der Waals surface area contributed by atoms with Gasteiger partial charge in [-0.25, -0.2) is 0 Å². The van der Waals surface area contributed by atoms with Gasteiger partial charge in [0.15, 0.2) is 0 Å². The summed E-state index contributed by atoms with van der Waals surface area (Å²) in [6.45, 7) is 4.05. The molecule has 1 N–H and O–H groups in total. The van der Waals surface area contributed by atoms with E-state index in [4.69, 9.17) is 9.47 Å². The number of amides is 2. The van der Waals surface area contributed by atoms with Crippen molar-refractivity contribution in [2.24, 2.45) is 0 Å². The maximum Gasteiger partial charge on any atom is 0.311 e. The van der Waals surface area contributed by atoms with Crippen LogP contribution in [0.25, 0.3) is 0 Å². The molecule has 0 spiro atoms. The Balaban J connectivity index is 1.34. The number of rotatable bonds is 7. The Morgan fingerprint density at radius 3 is 2.24 bits per heavy atom. The van der Waals surface area contributed by atoms with Gasteiger partial charge in [-0.05, 0) is 29.8 Å². The monoisotopic (exact) mass is 397 g/mol. The zero-order valence-corrected chi connectivity index (χ0v) is 16.7. The van der Waals surface area contributed by atoms with Gasteiger partial charge in [-0.3, -0.25) is 14.5 Å². The standard InChI is InChI=1S/C22H27N3O4/c1-28-19-7-9-20(10-8-19)29-16-11-23-21(26)22(27)25-14-12-24(13-15-25)17-18-5-3-2-4-6-18/h2-10H,11-17H2,1H3,(H,23,26). The van der Waals surface area contributed by atoms with Crippen LogP contribution in [-0.4, -0.2) is 68.1 Å². The molecular formula is C22H27N3O4. The first kappa shape index (κ1) is 20.7. The molecule has 0 saturated carbocycles. The molecule has 1 heterocycles. The molecule has 1 aliphatic heterocycles. The van der Waals surface area contributed by atoms with Gasteiger partial charge in [-0.1, -0.05) is 30.3 Å². The van der Waals surface area contributed by atoms with Crippen molar-refractivity contribution in [2.75, 3.05) is 46.4 Å². The molecule has 0 atom stereocenters. The highest BCUT2D eigenvalue weighted by molar-refractivity contribution is 6.35. The van der Waals surface area contributed by atoms with Crippen LogP contribution in [-0.2, 0) is 16.1 Å². The van der Waals surface area contributed by atoms with Crippen LogP contribution in [0.4, 0.5) is 0 Å². The summed E-state index contributed by atoms with van der Waals surface area (Å²) in [4.78, 5) is 28.4. The molecule has 1 saturated heterocycles. The summed E-state index contributed by atoms with van der Waals surface area (Å²) in [5.74, 6) is 0.370. The number of carbonyl (C=O) groups is 2. The van der Waals surface area contributed by atoms with Gasteiger partial charge < -0.3 is 19.7 Å². The number of nitrogens with zero attached hydrogens (tertiary/aromatic N) is 2. The lowest BCUT2D eigenvalue weighted by molar-refractivity contribution is -0.147. The second kappa shape index (κ2) is 10.5. The van der Waals surface area contributed by atoms with E-state index in [-0.39, 0.29) is 13.2 Å². The number of piperazine rings is 1. The molecule has 7 heteroatoms. The number of nitrogens with one attached hydrogen (secondary N) is 1. The largest absolute Gasteiger partial charge is 0.497 e. The SMILES string of the molecule is COc1ccc(OCCNC(=O)C(=O)N2CCN(Cc3ccccc3)CC2)cc1. The summed E-state index contributed by atoms with van der Waals surface area (Å²) in [5, 5.41) is 2.63. The minimum atomic E-state index is -0.583. The van der Waals surface area contributed by atoms with Crippen LogP contribution in [0.15, 0.2) is 54.6 Å². The van der Waals surface area contributed by atoms with Crippen molar-refractivity contribution in [1.82, 2.24) is 15.1 Å². The van der Waals surface area contributed by atoms with Gasteiger partial charge in [0, 0.05) is 32.7 Å². The van der Waals surface area contributed by atoms with Crippen LogP contribution in [0, 0.1) is 0 Å². The third-order valence-electron chi connectivity index (χ3n) is 4.82. The number of methoxy groups -OCH3 is 1. The quantitative estimate of drug-likeness (QED) is 0.567. The fraction of sp³-hybridized carbons (Fsp3) is 0.364. The Morgan fingerprint density at radius 1 is 0.931 bits per heavy atom. The summed E-state index contributed by atoms with van der Waals surface area (Å²) in [7, 11) is 1.60. The highest BCUT2D eigenvalue weighted by Crippen LogP contribution is 2.16. The lowest BCUT2D eigenvalue weighted by atomic mass is 10.2. The first-order valence-corrected chi connectivity index (χ1v) is 9.76. The van der Waals surface area contributed by atoms with Gasteiger partial charge in [0.1, 0.15) is 18.1 Å². The molecule has 154 valence electrons. The Morgan fingerprint density at radius 2 is 1.59 bits per heavy atom. The van der Waals surface area contributed by atoms with Crippen molar-refractivity contribution in [2.45, 2.75) is 6.54 Å². The third-order valence-corrected chi connectivity index (χ3v) is 4.82. The Bertz CT molecular complexity index is 787. The lowest BCUT2D eigenvalue weighted by Gasteiger charge is -2.34. The topological polar surface area (TPSA) is 71.1 Å². The van der Waals surface area contributed by atoms with Crippen LogP contribution in [0.2, 0.25) is 0 Å². The Hall–Kier alpha value is -3.06. The Labute approximate surface area is 171 Å². The van der Waals surface area contributed by atoms with Crippen LogP contribution in [0.1, 0.15) is 5.56 Å². The van der Waals surface area contributed by atoms with E-state index in [1.165, 1.54) is 5.56 Å². The fourth-order valence-electron chi connectivity index (χ4n) is 3.18. The average Bonchev–Trinajstić information content (AvgIpc) is 2.77. The zero-order chi connectivity index (χ0) is 20.5. The molecule has 0 unspecified atom stereocenters. The van der Waals surface area contributed by atoms with E-state index in [0.29, 0.717) is 18.8 Å². The summed E-state index contributed by atoms with van der Waals surface area (Å²) in [5.41, 5.74) is 1.25. The van der Waals surface area contributed by atoms with Crippen molar-refractivity contribution >= 4 is 11.8 Å². The number of benzene rings is 2. The van der Waals surface area contributed by atoms with Crippen molar-refractivity contribution in [1.29, 1.82) is 0 Å². The van der Waals surface area contributed by atoms with Crippen LogP contribution in [0.3, 0.4) is 0 Å². The van der Waals surface area contributed by atoms with E-state index >= 15 is 0 Å². The zero-order valence-electron chi connectivity index (χ0n) is 16.7. The van der Waals surface area contributed by atoms with Crippen LogP contribution < -0.4 is 14.8 Å². The predicted molar refractivity (Wildman–Crippen MR) is 110 cm³/mol. The second-order valence-corrected chi connectivity index (χ2v) is 6.83. The van der Waals surface area contributed by atoms with E-state index in [0.717, 1.165) is 25.4 Å². The molecule has 1 aliphatic rings. The molecule has 29 heavy (non-hydrogen) atoms. The van der Waals surface area contributed by atoms with E-state index < -0.39 is 11.8 Å². The fourth-order valence-corrected chi connectivity index (χ4v) is 3.18. The molecule has 1 fully saturated rings. The van der Waals surface area contributed by atoms with Crippen LogP contribution >= 0.6 is 0 Å². The van der Waals surface area contributed by atoms with Gasteiger partial charge in [0.05, 0.1) is 13.7 Å². The molecule has 2 amide bonds.